The second-order valence-electron chi connectivity index (χ2n) is 9.32. The molecule has 24 heavy (non-hydrogen) atoms. The zero-order valence-electron chi connectivity index (χ0n) is 16.8. The molecule has 0 fully saturated rings. The maximum atomic E-state index is 2.34. The predicted octanol–water partition coefficient (Wildman–Crippen LogP) is 7.19. The molecule has 130 valence electrons. The minimum Gasteiger partial charge on any atom is -0.0585 e. The molecular formula is C24H34. The van der Waals surface area contributed by atoms with Crippen LogP contribution in [0.15, 0.2) is 48.5 Å². The lowest BCUT2D eigenvalue weighted by Gasteiger charge is -2.24. The lowest BCUT2D eigenvalue weighted by molar-refractivity contribution is 0.584. The molecule has 0 aliphatic heterocycles. The van der Waals surface area contributed by atoms with Crippen molar-refractivity contribution in [3.05, 3.63) is 70.8 Å². The molecular weight excluding hydrogens is 288 g/mol. The lowest BCUT2D eigenvalue weighted by Crippen LogP contribution is -2.12. The molecule has 0 aliphatic carbocycles. The Kier molecular flexibility index (Phi) is 5.28. The second-order valence-corrected chi connectivity index (χ2v) is 9.32. The Bertz CT molecular complexity index is 584. The second kappa shape index (κ2) is 6.75. The van der Waals surface area contributed by atoms with E-state index in [0.29, 0.717) is 11.8 Å². The van der Waals surface area contributed by atoms with E-state index in [4.69, 9.17) is 0 Å². The van der Waals surface area contributed by atoms with Crippen molar-refractivity contribution in [3.63, 3.8) is 0 Å². The van der Waals surface area contributed by atoms with Crippen LogP contribution in [-0.4, -0.2) is 0 Å². The molecule has 2 atom stereocenters. The molecule has 0 nitrogen and oxygen atoms in total. The summed E-state index contributed by atoms with van der Waals surface area (Å²) in [7, 11) is 0. The molecule has 0 heteroatoms. The third-order valence-corrected chi connectivity index (χ3v) is 5.35. The van der Waals surface area contributed by atoms with Gasteiger partial charge in [-0.1, -0.05) is 104 Å². The first-order valence-electron chi connectivity index (χ1n) is 9.21. The molecule has 0 saturated heterocycles. The van der Waals surface area contributed by atoms with Gasteiger partial charge < -0.3 is 0 Å². The monoisotopic (exact) mass is 322 g/mol. The van der Waals surface area contributed by atoms with Gasteiger partial charge in [0, 0.05) is 0 Å². The van der Waals surface area contributed by atoms with Crippen LogP contribution in [-0.2, 0) is 10.8 Å². The van der Waals surface area contributed by atoms with Crippen molar-refractivity contribution >= 4 is 0 Å². The quantitative estimate of drug-likeness (QED) is 0.561. The van der Waals surface area contributed by atoms with E-state index in [0.717, 1.165) is 0 Å². The standard InChI is InChI=1S/C24H34/c1-17(19-9-13-21(14-10-19)23(3,4)5)18(2)20-11-15-22(16-12-20)24(6,7)8/h9-18H,1-8H3. The summed E-state index contributed by atoms with van der Waals surface area (Å²) in [6.45, 7) is 18.3. The Morgan fingerprint density at radius 2 is 0.750 bits per heavy atom. The largest absolute Gasteiger partial charge is 0.0585 e. The Labute approximate surface area is 149 Å². The Hall–Kier alpha value is -1.56. The van der Waals surface area contributed by atoms with Gasteiger partial charge in [-0.25, -0.2) is 0 Å². The van der Waals surface area contributed by atoms with Crippen molar-refractivity contribution in [3.8, 4) is 0 Å². The fourth-order valence-corrected chi connectivity index (χ4v) is 3.15. The summed E-state index contributed by atoms with van der Waals surface area (Å²) in [5, 5.41) is 0. The fraction of sp³-hybridized carbons (Fsp3) is 0.500. The normalized spacial score (nSPS) is 15.2. The first kappa shape index (κ1) is 18.8. The zero-order valence-corrected chi connectivity index (χ0v) is 16.8. The molecule has 0 amide bonds. The van der Waals surface area contributed by atoms with Crippen LogP contribution in [0.2, 0.25) is 0 Å². The molecule has 0 saturated carbocycles. The number of rotatable bonds is 3. The van der Waals surface area contributed by atoms with Crippen LogP contribution in [0, 0.1) is 0 Å². The molecule has 0 aliphatic rings. The van der Waals surface area contributed by atoms with E-state index in [9.17, 15) is 0 Å². The smallest absolute Gasteiger partial charge is 0.0124 e. The average Bonchev–Trinajstić information content (AvgIpc) is 2.52. The van der Waals surface area contributed by atoms with Crippen molar-refractivity contribution in [2.45, 2.75) is 78.1 Å². The van der Waals surface area contributed by atoms with Gasteiger partial charge in [0.15, 0.2) is 0 Å². The van der Waals surface area contributed by atoms with E-state index >= 15 is 0 Å². The number of hydrogen-bond donors (Lipinski definition) is 0. The van der Waals surface area contributed by atoms with E-state index in [1.54, 1.807) is 0 Å². The summed E-state index contributed by atoms with van der Waals surface area (Å²) in [6, 6.07) is 18.4. The van der Waals surface area contributed by atoms with Gasteiger partial charge in [-0.05, 0) is 44.9 Å². The van der Waals surface area contributed by atoms with Crippen LogP contribution >= 0.6 is 0 Å². The van der Waals surface area contributed by atoms with Crippen LogP contribution in [0.25, 0.3) is 0 Å². The Morgan fingerprint density at radius 1 is 0.500 bits per heavy atom. The SMILES string of the molecule is CC(c1ccc(C(C)(C)C)cc1)C(C)c1ccc(C(C)(C)C)cc1. The maximum Gasteiger partial charge on any atom is -0.0124 e. The third-order valence-electron chi connectivity index (χ3n) is 5.35. The van der Waals surface area contributed by atoms with Crippen molar-refractivity contribution in [1.29, 1.82) is 0 Å². The van der Waals surface area contributed by atoms with E-state index in [1.807, 2.05) is 0 Å². The van der Waals surface area contributed by atoms with Crippen LogP contribution in [0.1, 0.15) is 89.5 Å². The maximum absolute atomic E-state index is 2.34. The molecule has 2 aromatic rings. The summed E-state index contributed by atoms with van der Waals surface area (Å²) in [5.41, 5.74) is 6.10. The van der Waals surface area contributed by atoms with E-state index < -0.39 is 0 Å². The van der Waals surface area contributed by atoms with Gasteiger partial charge in [0.1, 0.15) is 0 Å². The highest BCUT2D eigenvalue weighted by Gasteiger charge is 2.19. The molecule has 0 aromatic heterocycles. The number of benzene rings is 2. The Balaban J connectivity index is 2.18. The molecule has 0 bridgehead atoms. The van der Waals surface area contributed by atoms with Crippen LogP contribution in [0.4, 0.5) is 0 Å². The summed E-state index contributed by atoms with van der Waals surface area (Å²) < 4.78 is 0. The van der Waals surface area contributed by atoms with Crippen LogP contribution in [0.5, 0.6) is 0 Å². The topological polar surface area (TPSA) is 0 Å². The van der Waals surface area contributed by atoms with Gasteiger partial charge in [0.2, 0.25) is 0 Å². The van der Waals surface area contributed by atoms with E-state index in [-0.39, 0.29) is 10.8 Å². The molecule has 0 radical (unpaired) electrons. The van der Waals surface area contributed by atoms with Crippen LogP contribution in [0.3, 0.4) is 0 Å². The van der Waals surface area contributed by atoms with Gasteiger partial charge in [0.25, 0.3) is 0 Å². The average molecular weight is 323 g/mol. The molecule has 0 spiro atoms. The molecule has 2 aromatic carbocycles. The highest BCUT2D eigenvalue weighted by atomic mass is 14.2. The van der Waals surface area contributed by atoms with E-state index in [1.165, 1.54) is 22.3 Å². The lowest BCUT2D eigenvalue weighted by atomic mass is 9.80. The molecule has 0 heterocycles. The van der Waals surface area contributed by atoms with E-state index in [2.05, 4.69) is 104 Å². The number of hydrogen-bond acceptors (Lipinski definition) is 0. The van der Waals surface area contributed by atoms with Gasteiger partial charge in [-0.15, -0.1) is 0 Å². The fourth-order valence-electron chi connectivity index (χ4n) is 3.15. The summed E-state index contributed by atoms with van der Waals surface area (Å²) in [6.07, 6.45) is 0. The summed E-state index contributed by atoms with van der Waals surface area (Å²) in [4.78, 5) is 0. The van der Waals surface area contributed by atoms with Crippen LogP contribution < -0.4 is 0 Å². The Morgan fingerprint density at radius 3 is 0.958 bits per heavy atom. The van der Waals surface area contributed by atoms with Crippen molar-refractivity contribution in [2.24, 2.45) is 0 Å². The first-order valence-corrected chi connectivity index (χ1v) is 9.21. The van der Waals surface area contributed by atoms with Crippen molar-refractivity contribution < 1.29 is 0 Å². The third kappa shape index (κ3) is 4.29. The zero-order chi connectivity index (χ0) is 18.1. The summed E-state index contributed by atoms with van der Waals surface area (Å²) >= 11 is 0. The predicted molar refractivity (Wildman–Crippen MR) is 107 cm³/mol. The minimum absolute atomic E-state index is 0.218. The van der Waals surface area contributed by atoms with Gasteiger partial charge >= 0.3 is 0 Å². The first-order chi connectivity index (χ1) is 11.0. The van der Waals surface area contributed by atoms with Gasteiger partial charge in [-0.3, -0.25) is 0 Å². The minimum atomic E-state index is 0.218. The highest BCUT2D eigenvalue weighted by Crippen LogP contribution is 2.34. The van der Waals surface area contributed by atoms with Crippen molar-refractivity contribution in [2.75, 3.05) is 0 Å². The molecule has 2 rings (SSSR count). The van der Waals surface area contributed by atoms with Crippen molar-refractivity contribution in [1.82, 2.24) is 0 Å². The molecule has 0 N–H and O–H groups in total. The van der Waals surface area contributed by atoms with Gasteiger partial charge in [0.05, 0.1) is 0 Å². The summed E-state index contributed by atoms with van der Waals surface area (Å²) in [5.74, 6) is 1.03. The van der Waals surface area contributed by atoms with Gasteiger partial charge in [-0.2, -0.15) is 0 Å². The molecule has 2 unspecified atom stereocenters. The highest BCUT2D eigenvalue weighted by molar-refractivity contribution is 5.34.